The number of amides is 1. The van der Waals surface area contributed by atoms with E-state index in [1.54, 1.807) is 11.8 Å². The maximum absolute atomic E-state index is 11.1. The van der Waals surface area contributed by atoms with Gasteiger partial charge in [0.05, 0.1) is 0 Å². The van der Waals surface area contributed by atoms with E-state index in [1.165, 1.54) is 0 Å². The fourth-order valence-electron chi connectivity index (χ4n) is 1.19. The molecule has 1 rings (SSSR count). The van der Waals surface area contributed by atoms with Crippen molar-refractivity contribution in [1.82, 2.24) is 0 Å². The van der Waals surface area contributed by atoms with Crippen molar-refractivity contribution in [2.45, 2.75) is 13.8 Å². The van der Waals surface area contributed by atoms with Crippen LogP contribution in [0.25, 0.3) is 0 Å². The highest BCUT2D eigenvalue weighted by atomic mass is 79.9. The second-order valence-electron chi connectivity index (χ2n) is 3.00. The smallest absolute Gasteiger partial charge is 0.277 e. The number of carbonyl (C=O) groups excluding carboxylic acids is 1. The van der Waals surface area contributed by atoms with Gasteiger partial charge in [-0.25, -0.2) is 0 Å². The molecule has 0 saturated carbocycles. The topological polar surface area (TPSA) is 20.3 Å². The summed E-state index contributed by atoms with van der Waals surface area (Å²) in [6.45, 7) is 4.27. The van der Waals surface area contributed by atoms with Gasteiger partial charge >= 0.3 is 0 Å². The number of hydrogen-bond acceptors (Lipinski definition) is 1. The number of anilines is 1. The molecule has 0 spiro atoms. The molecule has 0 unspecified atom stereocenters. The molecule has 0 saturated heterocycles. The van der Waals surface area contributed by atoms with Crippen LogP contribution in [0, 0.1) is 0 Å². The Morgan fingerprint density at radius 1 is 1.35 bits per heavy atom. The molecule has 1 amide bonds. The lowest BCUT2D eigenvalue weighted by Crippen LogP contribution is -2.27. The van der Waals surface area contributed by atoms with Crippen LogP contribution in [0.3, 0.4) is 0 Å². The van der Waals surface area contributed by atoms with Crippen molar-refractivity contribution >= 4 is 27.5 Å². The first-order valence-electron chi connectivity index (χ1n) is 4.97. The Morgan fingerprint density at radius 3 is 2.12 bits per heavy atom. The maximum Gasteiger partial charge on any atom is 0.277 e. The molecular weight excluding hydrogens is 292 g/mol. The molecule has 17 heavy (non-hydrogen) atoms. The molecular formula is C12H14BrF2NO. The number of rotatable bonds is 2. The van der Waals surface area contributed by atoms with Gasteiger partial charge in [-0.2, -0.15) is 8.78 Å². The summed E-state index contributed by atoms with van der Waals surface area (Å²) in [6, 6.07) is 9.68. The van der Waals surface area contributed by atoms with Gasteiger partial charge in [0.15, 0.2) is 0 Å². The number of benzene rings is 1. The Bertz CT molecular complexity index is 364. The summed E-state index contributed by atoms with van der Waals surface area (Å²) < 4.78 is 21.2. The summed E-state index contributed by atoms with van der Waals surface area (Å²) >= 11 is 2.40. The first-order valence-corrected chi connectivity index (χ1v) is 5.89. The predicted octanol–water partition coefficient (Wildman–Crippen LogP) is 4.18. The van der Waals surface area contributed by atoms with Crippen LogP contribution in [0.4, 0.5) is 14.5 Å². The van der Waals surface area contributed by atoms with Crippen LogP contribution in [-0.2, 0) is 4.79 Å². The maximum atomic E-state index is 11.1. The van der Waals surface area contributed by atoms with Crippen LogP contribution in [-0.4, -0.2) is 12.5 Å². The standard InChI is InChI=1S/C10H13NO.C2HBrF2/c1-3-11(9(2)12)10-7-5-4-6-8-10;3-1-2(4)5/h4-8H,3H2,1-2H3;1H. The molecule has 0 atom stereocenters. The van der Waals surface area contributed by atoms with Gasteiger partial charge in [-0.15, -0.1) is 0 Å². The van der Waals surface area contributed by atoms with Crippen molar-refractivity contribution in [3.05, 3.63) is 41.4 Å². The van der Waals surface area contributed by atoms with Crippen LogP contribution < -0.4 is 4.90 Å². The lowest BCUT2D eigenvalue weighted by molar-refractivity contribution is -0.116. The lowest BCUT2D eigenvalue weighted by atomic mass is 10.3. The van der Waals surface area contributed by atoms with E-state index in [0.29, 0.717) is 4.99 Å². The highest BCUT2D eigenvalue weighted by Crippen LogP contribution is 2.12. The highest BCUT2D eigenvalue weighted by molar-refractivity contribution is 9.11. The first-order chi connectivity index (χ1) is 8.02. The number of halogens is 3. The van der Waals surface area contributed by atoms with Crippen LogP contribution >= 0.6 is 15.9 Å². The van der Waals surface area contributed by atoms with Crippen molar-refractivity contribution in [3.63, 3.8) is 0 Å². The minimum atomic E-state index is -1.70. The zero-order chi connectivity index (χ0) is 13.3. The third-order valence-corrected chi connectivity index (χ3v) is 2.19. The molecule has 0 radical (unpaired) electrons. The van der Waals surface area contributed by atoms with E-state index in [-0.39, 0.29) is 5.91 Å². The summed E-state index contributed by atoms with van der Waals surface area (Å²) in [5.74, 6) is 0.0868. The van der Waals surface area contributed by atoms with E-state index in [4.69, 9.17) is 0 Å². The molecule has 5 heteroatoms. The Hall–Kier alpha value is -1.23. The number of carbonyl (C=O) groups is 1. The zero-order valence-electron chi connectivity index (χ0n) is 9.66. The second kappa shape index (κ2) is 8.87. The average molecular weight is 306 g/mol. The quantitative estimate of drug-likeness (QED) is 0.802. The van der Waals surface area contributed by atoms with Gasteiger partial charge in [-0.05, 0) is 19.1 Å². The normalized spacial score (nSPS) is 8.76. The Morgan fingerprint density at radius 2 is 1.82 bits per heavy atom. The van der Waals surface area contributed by atoms with E-state index >= 15 is 0 Å². The SMILES string of the molecule is CCN(C(C)=O)c1ccccc1.FC(F)=CBr. The largest absolute Gasteiger partial charge is 0.313 e. The number of nitrogens with zero attached hydrogens (tertiary/aromatic N) is 1. The fourth-order valence-corrected chi connectivity index (χ4v) is 1.19. The van der Waals surface area contributed by atoms with Gasteiger partial charge in [0.1, 0.15) is 0 Å². The second-order valence-corrected chi connectivity index (χ2v) is 3.46. The molecule has 0 N–H and O–H groups in total. The van der Waals surface area contributed by atoms with Gasteiger partial charge in [-0.1, -0.05) is 34.1 Å². The van der Waals surface area contributed by atoms with Crippen LogP contribution in [0.5, 0.6) is 0 Å². The summed E-state index contributed by atoms with van der Waals surface area (Å²) in [5.41, 5.74) is 0.965. The summed E-state index contributed by atoms with van der Waals surface area (Å²) in [5, 5.41) is 0. The van der Waals surface area contributed by atoms with Gasteiger partial charge in [0.2, 0.25) is 5.91 Å². The number of hydrogen-bond donors (Lipinski definition) is 0. The van der Waals surface area contributed by atoms with Gasteiger partial charge < -0.3 is 4.90 Å². The van der Waals surface area contributed by atoms with Crippen molar-refractivity contribution in [3.8, 4) is 0 Å². The average Bonchev–Trinajstić information content (AvgIpc) is 2.31. The molecule has 94 valence electrons. The first kappa shape index (κ1) is 15.8. The molecule has 1 aromatic rings. The molecule has 0 bridgehead atoms. The predicted molar refractivity (Wildman–Crippen MR) is 69.4 cm³/mol. The third kappa shape index (κ3) is 6.84. The highest BCUT2D eigenvalue weighted by Gasteiger charge is 2.06. The third-order valence-electron chi connectivity index (χ3n) is 1.85. The molecule has 0 aromatic heterocycles. The van der Waals surface area contributed by atoms with Gasteiger partial charge in [0.25, 0.3) is 6.08 Å². The molecule has 0 aliphatic heterocycles. The summed E-state index contributed by atoms with van der Waals surface area (Å²) in [7, 11) is 0. The zero-order valence-corrected chi connectivity index (χ0v) is 11.2. The molecule has 2 nitrogen and oxygen atoms in total. The van der Waals surface area contributed by atoms with E-state index in [2.05, 4.69) is 15.9 Å². The van der Waals surface area contributed by atoms with Gasteiger partial charge in [-0.3, -0.25) is 4.79 Å². The molecule has 0 aliphatic rings. The van der Waals surface area contributed by atoms with Crippen molar-refractivity contribution < 1.29 is 13.6 Å². The Labute approximate surface area is 108 Å². The van der Waals surface area contributed by atoms with Crippen LogP contribution in [0.15, 0.2) is 41.4 Å². The van der Waals surface area contributed by atoms with Crippen molar-refractivity contribution in [2.75, 3.05) is 11.4 Å². The molecule has 1 aromatic carbocycles. The minimum Gasteiger partial charge on any atom is -0.313 e. The number of para-hydroxylation sites is 1. The summed E-state index contributed by atoms with van der Waals surface area (Å²) in [4.78, 5) is 13.4. The van der Waals surface area contributed by atoms with E-state index in [1.807, 2.05) is 37.3 Å². The fraction of sp³-hybridized carbons (Fsp3) is 0.250. The van der Waals surface area contributed by atoms with Crippen LogP contribution in [0.1, 0.15) is 13.8 Å². The molecule has 0 heterocycles. The summed E-state index contributed by atoms with van der Waals surface area (Å²) in [6.07, 6.45) is -1.70. The lowest BCUT2D eigenvalue weighted by Gasteiger charge is -2.18. The van der Waals surface area contributed by atoms with E-state index in [0.717, 1.165) is 12.2 Å². The Kier molecular flexibility index (Phi) is 8.23. The molecule has 0 fully saturated rings. The molecule has 0 aliphatic carbocycles. The van der Waals surface area contributed by atoms with E-state index in [9.17, 15) is 13.6 Å². The monoisotopic (exact) mass is 305 g/mol. The van der Waals surface area contributed by atoms with Crippen molar-refractivity contribution in [1.29, 1.82) is 0 Å². The van der Waals surface area contributed by atoms with Crippen LogP contribution in [0.2, 0.25) is 0 Å². The van der Waals surface area contributed by atoms with E-state index < -0.39 is 6.08 Å². The van der Waals surface area contributed by atoms with Gasteiger partial charge in [0, 0.05) is 24.1 Å². The van der Waals surface area contributed by atoms with Crippen molar-refractivity contribution in [2.24, 2.45) is 0 Å². The Balaban J connectivity index is 0.000000437. The minimum absolute atomic E-state index is 0.0868.